The molecule has 5 heterocycles. The minimum Gasteiger partial charge on any atom is -0.376 e. The highest BCUT2D eigenvalue weighted by Crippen LogP contribution is 2.54. The monoisotopic (exact) mass is 798 g/mol. The number of anilines is 2. The van der Waals surface area contributed by atoms with Crippen LogP contribution < -0.4 is 15.7 Å². The maximum absolute atomic E-state index is 2.72. The molecule has 5 heteroatoms. The minimum atomic E-state index is -0.0495. The van der Waals surface area contributed by atoms with Gasteiger partial charge in [0, 0.05) is 73.7 Å². The van der Waals surface area contributed by atoms with Gasteiger partial charge in [-0.15, -0.1) is 22.7 Å². The van der Waals surface area contributed by atoms with Gasteiger partial charge in [-0.25, -0.2) is 0 Å². The van der Waals surface area contributed by atoms with Gasteiger partial charge in [-0.1, -0.05) is 129 Å². The highest BCUT2D eigenvalue weighted by atomic mass is 32.1. The first kappa shape index (κ1) is 35.6. The number of hydrogen-bond donors (Lipinski definition) is 0. The second kappa shape index (κ2) is 11.7. The van der Waals surface area contributed by atoms with Crippen molar-refractivity contribution >= 4 is 114 Å². The summed E-state index contributed by atoms with van der Waals surface area (Å²) in [5.74, 6) is 0. The molecule has 0 unspecified atom stereocenters. The molecule has 12 rings (SSSR count). The Morgan fingerprint density at radius 3 is 1.83 bits per heavy atom. The molecule has 2 aliphatic rings. The molecular formula is C54H47BN2S2. The van der Waals surface area contributed by atoms with Crippen LogP contribution in [0.5, 0.6) is 0 Å². The van der Waals surface area contributed by atoms with Crippen LogP contribution in [0.15, 0.2) is 121 Å². The molecule has 0 N–H and O–H groups in total. The molecule has 288 valence electrons. The van der Waals surface area contributed by atoms with Gasteiger partial charge in [-0.3, -0.25) is 0 Å². The lowest BCUT2D eigenvalue weighted by Crippen LogP contribution is -2.60. The molecule has 7 aromatic carbocycles. The van der Waals surface area contributed by atoms with E-state index >= 15 is 0 Å². The molecule has 10 aromatic rings. The quantitative estimate of drug-likeness (QED) is 0.150. The summed E-state index contributed by atoms with van der Waals surface area (Å²) in [6.07, 6.45) is 0. The first-order valence-electron chi connectivity index (χ1n) is 21.1. The van der Waals surface area contributed by atoms with Gasteiger partial charge >= 0.3 is 6.85 Å². The predicted octanol–water partition coefficient (Wildman–Crippen LogP) is 14.6. The molecule has 0 spiro atoms. The summed E-state index contributed by atoms with van der Waals surface area (Å²) in [5, 5.41) is 8.17. The van der Waals surface area contributed by atoms with Gasteiger partial charge in [-0.05, 0) is 104 Å². The van der Waals surface area contributed by atoms with Crippen LogP contribution in [0.25, 0.3) is 79.0 Å². The summed E-state index contributed by atoms with van der Waals surface area (Å²) in [5.41, 5.74) is 16.1. The topological polar surface area (TPSA) is 8.17 Å². The van der Waals surface area contributed by atoms with E-state index in [9.17, 15) is 0 Å². The average Bonchev–Trinajstić information content (AvgIpc) is 3.88. The van der Waals surface area contributed by atoms with Crippen molar-refractivity contribution in [3.63, 3.8) is 0 Å². The molecule has 0 aliphatic carbocycles. The molecule has 0 bridgehead atoms. The van der Waals surface area contributed by atoms with Crippen molar-refractivity contribution in [2.45, 2.75) is 78.6 Å². The first-order chi connectivity index (χ1) is 28.2. The van der Waals surface area contributed by atoms with Gasteiger partial charge < -0.3 is 9.38 Å². The third kappa shape index (κ3) is 4.86. The minimum absolute atomic E-state index is 0.0158. The maximum atomic E-state index is 2.72. The molecule has 0 fully saturated rings. The highest BCUT2D eigenvalue weighted by Gasteiger charge is 2.46. The van der Waals surface area contributed by atoms with Crippen LogP contribution in [0.1, 0.15) is 79.0 Å². The smallest absolute Gasteiger partial charge is 0.333 e. The van der Waals surface area contributed by atoms with E-state index < -0.39 is 0 Å². The van der Waals surface area contributed by atoms with Gasteiger partial charge in [-0.2, -0.15) is 0 Å². The van der Waals surface area contributed by atoms with Crippen LogP contribution in [0.2, 0.25) is 0 Å². The van der Waals surface area contributed by atoms with Crippen molar-refractivity contribution in [2.24, 2.45) is 0 Å². The highest BCUT2D eigenvalue weighted by molar-refractivity contribution is 7.27. The number of thiophene rings is 2. The number of benzene rings is 7. The third-order valence-electron chi connectivity index (χ3n) is 13.4. The van der Waals surface area contributed by atoms with Crippen molar-refractivity contribution in [3.8, 4) is 16.8 Å². The largest absolute Gasteiger partial charge is 0.376 e. The third-order valence-corrected chi connectivity index (χ3v) is 15.7. The van der Waals surface area contributed by atoms with E-state index in [-0.39, 0.29) is 23.1 Å². The van der Waals surface area contributed by atoms with Crippen LogP contribution in [-0.2, 0) is 16.2 Å². The van der Waals surface area contributed by atoms with E-state index in [4.69, 9.17) is 0 Å². The van der Waals surface area contributed by atoms with Gasteiger partial charge in [0.15, 0.2) is 0 Å². The van der Waals surface area contributed by atoms with E-state index in [0.29, 0.717) is 0 Å². The van der Waals surface area contributed by atoms with Crippen LogP contribution >= 0.6 is 22.7 Å². The summed E-state index contributed by atoms with van der Waals surface area (Å²) in [4.78, 5) is 2.72. The average molecular weight is 799 g/mol. The fourth-order valence-corrected chi connectivity index (χ4v) is 12.7. The fraction of sp³-hybridized carbons (Fsp3) is 0.222. The summed E-state index contributed by atoms with van der Waals surface area (Å²) >= 11 is 3.90. The maximum Gasteiger partial charge on any atom is 0.333 e. The molecular weight excluding hydrogens is 752 g/mol. The summed E-state index contributed by atoms with van der Waals surface area (Å²) < 4.78 is 8.07. The SMILES string of the molecule is CC(C)(C)c1ccc(N2B3c4cc(C(C)(C)C)ccc4-n4c5ccc(C(C)(C)C)cc5c5c6sc7ccccc7c6c(c3c54)-c3cc4c(cc32)sc2ccccc24)cc1. The van der Waals surface area contributed by atoms with Gasteiger partial charge in [0.05, 0.1) is 11.0 Å². The Kier molecular flexibility index (Phi) is 7.04. The normalized spacial score (nSPS) is 14.1. The molecule has 0 saturated heterocycles. The summed E-state index contributed by atoms with van der Waals surface area (Å²) in [7, 11) is 0. The second-order valence-corrected chi connectivity index (χ2v) is 22.3. The lowest BCUT2D eigenvalue weighted by molar-refractivity contribution is 0.590. The molecule has 59 heavy (non-hydrogen) atoms. The van der Waals surface area contributed by atoms with Crippen molar-refractivity contribution < 1.29 is 0 Å². The summed E-state index contributed by atoms with van der Waals surface area (Å²) in [6, 6.07) is 47.5. The Labute approximate surface area is 354 Å². The lowest BCUT2D eigenvalue weighted by atomic mass is 9.43. The van der Waals surface area contributed by atoms with Crippen LogP contribution in [0, 0.1) is 0 Å². The fourth-order valence-electron chi connectivity index (χ4n) is 10.3. The zero-order valence-electron chi connectivity index (χ0n) is 35.3. The number of hydrogen-bond acceptors (Lipinski definition) is 3. The van der Waals surface area contributed by atoms with E-state index in [2.05, 4.69) is 193 Å². The molecule has 2 aliphatic heterocycles. The van der Waals surface area contributed by atoms with Crippen LogP contribution in [0.4, 0.5) is 11.4 Å². The molecule has 0 saturated carbocycles. The Morgan fingerprint density at radius 1 is 0.492 bits per heavy atom. The van der Waals surface area contributed by atoms with Crippen LogP contribution in [-0.4, -0.2) is 11.4 Å². The number of rotatable bonds is 1. The number of nitrogens with zero attached hydrogens (tertiary/aromatic N) is 2. The standard InChI is InChI=1S/C54H47BN2S2/c1-52(2,3)30-18-22-33(23-19-30)57-42-29-45-36(34-14-10-12-16-43(34)58-45)28-38(42)46-47-35-15-11-13-17-44(35)59-51(47)48-37-26-31(53(4,5)6)20-24-40(37)56-41-25-21-32(54(7,8)9)27-39(41)55(57)49(46)50(48)56/h10-29H,1-9H3. The van der Waals surface area contributed by atoms with Crippen LogP contribution in [0.3, 0.4) is 0 Å². The van der Waals surface area contributed by atoms with E-state index in [1.165, 1.54) is 118 Å². The molecule has 0 amide bonds. The Morgan fingerprint density at radius 2 is 1.12 bits per heavy atom. The predicted molar refractivity (Wildman–Crippen MR) is 262 cm³/mol. The van der Waals surface area contributed by atoms with E-state index in [1.807, 2.05) is 22.7 Å². The van der Waals surface area contributed by atoms with Gasteiger partial charge in [0.1, 0.15) is 0 Å². The first-order valence-corrected chi connectivity index (χ1v) is 22.8. The number of aromatic nitrogens is 1. The van der Waals surface area contributed by atoms with E-state index in [1.54, 1.807) is 0 Å². The van der Waals surface area contributed by atoms with Gasteiger partial charge in [0.2, 0.25) is 0 Å². The van der Waals surface area contributed by atoms with Crippen molar-refractivity contribution in [1.82, 2.24) is 4.57 Å². The second-order valence-electron chi connectivity index (χ2n) is 20.2. The summed E-state index contributed by atoms with van der Waals surface area (Å²) in [6.45, 7) is 21.0. The van der Waals surface area contributed by atoms with Crippen molar-refractivity contribution in [2.75, 3.05) is 4.81 Å². The Balaban J connectivity index is 1.34. The molecule has 0 radical (unpaired) electrons. The zero-order chi connectivity index (χ0) is 40.5. The molecule has 2 nitrogen and oxygen atoms in total. The van der Waals surface area contributed by atoms with Gasteiger partial charge in [0.25, 0.3) is 0 Å². The molecule has 0 atom stereocenters. The molecule has 3 aromatic heterocycles. The van der Waals surface area contributed by atoms with E-state index in [0.717, 1.165) is 0 Å². The zero-order valence-corrected chi connectivity index (χ0v) is 37.0. The Hall–Kier alpha value is -5.36. The van der Waals surface area contributed by atoms with Crippen molar-refractivity contribution in [1.29, 1.82) is 0 Å². The Bertz CT molecular complexity index is 3450. The van der Waals surface area contributed by atoms with Crippen molar-refractivity contribution in [3.05, 3.63) is 138 Å². The number of fused-ring (bicyclic) bond motifs is 16. The lowest BCUT2D eigenvalue weighted by Gasteiger charge is -2.43.